The smallest absolute Gasteiger partial charge is 0.248 e. The van der Waals surface area contributed by atoms with Crippen LogP contribution in [0.2, 0.25) is 0 Å². The van der Waals surface area contributed by atoms with E-state index in [1.54, 1.807) is 33.9 Å². The number of aliphatic hydroxyl groups excluding tert-OH is 1. The molecule has 3 rings (SSSR count). The van der Waals surface area contributed by atoms with Crippen LogP contribution in [0.5, 0.6) is 0 Å². The minimum Gasteiger partial charge on any atom is -0.396 e. The van der Waals surface area contributed by atoms with Gasteiger partial charge in [0, 0.05) is 39.8 Å². The zero-order valence-electron chi connectivity index (χ0n) is 20.3. The zero-order chi connectivity index (χ0) is 24.4. The van der Waals surface area contributed by atoms with E-state index in [2.05, 4.69) is 20.1 Å². The summed E-state index contributed by atoms with van der Waals surface area (Å²) >= 11 is 0. The third-order valence-electron chi connectivity index (χ3n) is 7.56. The molecule has 3 aliphatic rings. The molecular formula is C25H39N3O5. The Morgan fingerprint density at radius 1 is 1.21 bits per heavy atom. The second-order valence-electron chi connectivity index (χ2n) is 9.77. The summed E-state index contributed by atoms with van der Waals surface area (Å²) < 4.78 is 6.61. The van der Waals surface area contributed by atoms with E-state index in [1.807, 2.05) is 6.92 Å². The maximum atomic E-state index is 13.9. The van der Waals surface area contributed by atoms with Crippen molar-refractivity contribution in [3.63, 3.8) is 0 Å². The predicted octanol–water partition coefficient (Wildman–Crippen LogP) is 1.59. The molecule has 5 atom stereocenters. The van der Waals surface area contributed by atoms with Gasteiger partial charge in [-0.05, 0) is 32.6 Å². The van der Waals surface area contributed by atoms with Crippen LogP contribution in [-0.2, 0) is 19.1 Å². The Morgan fingerprint density at radius 2 is 1.91 bits per heavy atom. The quantitative estimate of drug-likeness (QED) is 0.446. The van der Waals surface area contributed by atoms with Gasteiger partial charge in [-0.1, -0.05) is 25.5 Å². The second-order valence-corrected chi connectivity index (χ2v) is 9.77. The Balaban J connectivity index is 2.03. The normalized spacial score (nSPS) is 32.1. The van der Waals surface area contributed by atoms with E-state index >= 15 is 0 Å². The molecule has 3 heterocycles. The van der Waals surface area contributed by atoms with Gasteiger partial charge >= 0.3 is 0 Å². The van der Waals surface area contributed by atoms with E-state index in [-0.39, 0.29) is 30.9 Å². The molecule has 2 unspecified atom stereocenters. The van der Waals surface area contributed by atoms with E-state index in [0.29, 0.717) is 38.9 Å². The number of aliphatic hydroxyl groups is 1. The maximum absolute atomic E-state index is 13.9. The molecule has 0 saturated carbocycles. The summed E-state index contributed by atoms with van der Waals surface area (Å²) in [7, 11) is 1.70. The molecule has 2 bridgehead atoms. The standard InChI is InChI=1S/C25H39N3O5/c1-6-9-15-27(14-8-3)23(32)20-25-12-11-24(4,33-25)18(21(30)26(5)13-7-2)19(25)22(31)28(20)16-10-17-29/h7-8,18-20,29H,2-3,6,9-17H2,1,4-5H3/t18-,19+,20?,24+,25?/m1/s1. The summed E-state index contributed by atoms with van der Waals surface area (Å²) in [6.45, 7) is 13.0. The lowest BCUT2D eigenvalue weighted by molar-refractivity contribution is -0.153. The second kappa shape index (κ2) is 9.97. The number of likely N-dealkylation sites (N-methyl/N-ethyl adjacent to an activating group) is 1. The molecule has 33 heavy (non-hydrogen) atoms. The molecule has 1 N–H and O–H groups in total. The predicted molar refractivity (Wildman–Crippen MR) is 125 cm³/mol. The number of carbonyl (C=O) groups is 3. The van der Waals surface area contributed by atoms with E-state index < -0.39 is 29.1 Å². The minimum absolute atomic E-state index is 0.0857. The highest BCUT2D eigenvalue weighted by atomic mass is 16.5. The van der Waals surface area contributed by atoms with Gasteiger partial charge in [0.05, 0.1) is 17.4 Å². The van der Waals surface area contributed by atoms with Gasteiger partial charge < -0.3 is 24.5 Å². The summed E-state index contributed by atoms with van der Waals surface area (Å²) in [5.74, 6) is -1.89. The fourth-order valence-electron chi connectivity index (χ4n) is 6.05. The molecule has 1 spiro atoms. The fraction of sp³-hybridized carbons (Fsp3) is 0.720. The van der Waals surface area contributed by atoms with E-state index in [1.165, 1.54) is 0 Å². The van der Waals surface area contributed by atoms with Gasteiger partial charge in [-0.3, -0.25) is 14.4 Å². The van der Waals surface area contributed by atoms with Gasteiger partial charge in [0.1, 0.15) is 11.6 Å². The minimum atomic E-state index is -1.03. The first-order valence-electron chi connectivity index (χ1n) is 12.1. The Morgan fingerprint density at radius 3 is 2.52 bits per heavy atom. The first-order chi connectivity index (χ1) is 15.7. The highest BCUT2D eigenvalue weighted by molar-refractivity contribution is 5.99. The molecule has 0 aliphatic carbocycles. The monoisotopic (exact) mass is 461 g/mol. The van der Waals surface area contributed by atoms with Crippen LogP contribution in [0.25, 0.3) is 0 Å². The average molecular weight is 462 g/mol. The Hall–Kier alpha value is -2.19. The van der Waals surface area contributed by atoms with Gasteiger partial charge in [-0.25, -0.2) is 0 Å². The van der Waals surface area contributed by atoms with Crippen molar-refractivity contribution < 1.29 is 24.2 Å². The molecule has 3 amide bonds. The van der Waals surface area contributed by atoms with Crippen LogP contribution in [0.3, 0.4) is 0 Å². The molecular weight excluding hydrogens is 422 g/mol. The first kappa shape index (κ1) is 25.4. The molecule has 0 radical (unpaired) electrons. The number of hydrogen-bond acceptors (Lipinski definition) is 5. The maximum Gasteiger partial charge on any atom is 0.248 e. The van der Waals surface area contributed by atoms with Crippen molar-refractivity contribution in [3.8, 4) is 0 Å². The number of hydrogen-bond donors (Lipinski definition) is 1. The van der Waals surface area contributed by atoms with Gasteiger partial charge in [0.2, 0.25) is 17.7 Å². The number of fused-ring (bicyclic) bond motifs is 1. The van der Waals surface area contributed by atoms with E-state index in [9.17, 15) is 19.5 Å². The lowest BCUT2D eigenvalue weighted by Gasteiger charge is -2.37. The van der Waals surface area contributed by atoms with Gasteiger partial charge in [-0.2, -0.15) is 0 Å². The lowest BCUT2D eigenvalue weighted by atomic mass is 9.66. The summed E-state index contributed by atoms with van der Waals surface area (Å²) in [5.41, 5.74) is -1.82. The van der Waals surface area contributed by atoms with E-state index in [0.717, 1.165) is 12.8 Å². The van der Waals surface area contributed by atoms with Crippen LogP contribution >= 0.6 is 0 Å². The number of nitrogens with zero attached hydrogens (tertiary/aromatic N) is 3. The molecule has 0 aromatic heterocycles. The van der Waals surface area contributed by atoms with Crippen LogP contribution in [-0.4, -0.2) is 94.6 Å². The SMILES string of the molecule is C=CCN(C)C(=O)[C@H]1[C@H]2C(=O)N(CCCO)C(C(=O)N(CC=C)CCCC)C23CC[C@]1(C)O3. The molecule has 0 aromatic carbocycles. The summed E-state index contributed by atoms with van der Waals surface area (Å²) in [6, 6.07) is -0.803. The van der Waals surface area contributed by atoms with Crippen molar-refractivity contribution in [3.05, 3.63) is 25.3 Å². The summed E-state index contributed by atoms with van der Waals surface area (Å²) in [5, 5.41) is 9.44. The average Bonchev–Trinajstić information content (AvgIpc) is 3.35. The molecule has 8 heteroatoms. The number of unbranched alkanes of at least 4 members (excludes halogenated alkanes) is 1. The fourth-order valence-corrected chi connectivity index (χ4v) is 6.05. The van der Waals surface area contributed by atoms with Gasteiger partial charge in [-0.15, -0.1) is 13.2 Å². The number of ether oxygens (including phenoxy) is 1. The lowest BCUT2D eigenvalue weighted by Crippen LogP contribution is -2.56. The van der Waals surface area contributed by atoms with Crippen LogP contribution in [0.1, 0.15) is 46.0 Å². The van der Waals surface area contributed by atoms with Crippen LogP contribution in [0, 0.1) is 11.8 Å². The Labute approximate surface area is 197 Å². The molecule has 0 aromatic rings. The van der Waals surface area contributed by atoms with Gasteiger partial charge in [0.15, 0.2) is 0 Å². The van der Waals surface area contributed by atoms with Crippen LogP contribution in [0.15, 0.2) is 25.3 Å². The largest absolute Gasteiger partial charge is 0.396 e. The van der Waals surface area contributed by atoms with Crippen molar-refractivity contribution >= 4 is 17.7 Å². The van der Waals surface area contributed by atoms with Crippen molar-refractivity contribution in [2.45, 2.75) is 63.2 Å². The first-order valence-corrected chi connectivity index (χ1v) is 12.1. The molecule has 3 fully saturated rings. The number of rotatable bonds is 12. The molecule has 8 nitrogen and oxygen atoms in total. The third kappa shape index (κ3) is 4.12. The van der Waals surface area contributed by atoms with Crippen molar-refractivity contribution in [1.82, 2.24) is 14.7 Å². The Bertz CT molecular complexity index is 801. The van der Waals surface area contributed by atoms with E-state index in [4.69, 9.17) is 4.74 Å². The third-order valence-corrected chi connectivity index (χ3v) is 7.56. The number of likely N-dealkylation sites (tertiary alicyclic amines) is 1. The zero-order valence-corrected chi connectivity index (χ0v) is 20.3. The van der Waals surface area contributed by atoms with Crippen molar-refractivity contribution in [2.24, 2.45) is 11.8 Å². The summed E-state index contributed by atoms with van der Waals surface area (Å²) in [6.07, 6.45) is 6.66. The molecule has 3 aliphatic heterocycles. The molecule has 184 valence electrons. The van der Waals surface area contributed by atoms with Crippen molar-refractivity contribution in [2.75, 3.05) is 39.8 Å². The summed E-state index contributed by atoms with van der Waals surface area (Å²) in [4.78, 5) is 46.1. The Kier molecular flexibility index (Phi) is 7.69. The topological polar surface area (TPSA) is 90.4 Å². The number of carbonyl (C=O) groups excluding carboxylic acids is 3. The van der Waals surface area contributed by atoms with Gasteiger partial charge in [0.25, 0.3) is 0 Å². The highest BCUT2D eigenvalue weighted by Gasteiger charge is 2.78. The highest BCUT2D eigenvalue weighted by Crippen LogP contribution is 2.63. The van der Waals surface area contributed by atoms with Crippen LogP contribution < -0.4 is 0 Å². The molecule has 3 saturated heterocycles. The number of amides is 3. The van der Waals surface area contributed by atoms with Crippen LogP contribution in [0.4, 0.5) is 0 Å². The van der Waals surface area contributed by atoms with Crippen molar-refractivity contribution in [1.29, 1.82) is 0 Å².